The average Bonchev–Trinajstić information content (AvgIpc) is 3.65. The van der Waals surface area contributed by atoms with Gasteiger partial charge >= 0.3 is 0 Å². The van der Waals surface area contributed by atoms with E-state index in [9.17, 15) is 14.6 Å². The highest BCUT2D eigenvalue weighted by Crippen LogP contribution is 2.33. The first-order valence-corrected chi connectivity index (χ1v) is 18.4. The van der Waals surface area contributed by atoms with Crippen LogP contribution in [0.3, 0.4) is 0 Å². The maximum atomic E-state index is 13.1. The number of aliphatic hydroxyl groups is 2. The highest BCUT2D eigenvalue weighted by atomic mass is 19.1. The molecule has 8 aromatic rings. The molecule has 0 fully saturated rings. The van der Waals surface area contributed by atoms with Crippen molar-refractivity contribution in [3.05, 3.63) is 178 Å². The Kier molecular flexibility index (Phi) is 11.7. The molecule has 2 N–H and O–H groups in total. The fourth-order valence-corrected chi connectivity index (χ4v) is 6.89. The summed E-state index contributed by atoms with van der Waals surface area (Å²) < 4.78 is 29.5. The highest BCUT2D eigenvalue weighted by molar-refractivity contribution is 5.89. The van der Waals surface area contributed by atoms with Crippen LogP contribution in [0.4, 0.5) is 4.39 Å². The van der Waals surface area contributed by atoms with Gasteiger partial charge in [-0.1, -0.05) is 97.1 Å². The molecular weight excluding hydrogens is 708 g/mol. The molecule has 0 aliphatic heterocycles. The summed E-state index contributed by atoms with van der Waals surface area (Å²) in [5.41, 5.74) is 10.8. The lowest BCUT2D eigenvalue weighted by Gasteiger charge is -2.13. The van der Waals surface area contributed by atoms with E-state index >= 15 is 0 Å². The number of benzene rings is 4. The Morgan fingerprint density at radius 3 is 1.66 bits per heavy atom. The molecule has 11 heteroatoms. The van der Waals surface area contributed by atoms with Crippen LogP contribution >= 0.6 is 0 Å². The summed E-state index contributed by atoms with van der Waals surface area (Å²) in [6.07, 6.45) is 3.45. The molecule has 0 saturated heterocycles. The highest BCUT2D eigenvalue weighted by Gasteiger charge is 2.20. The minimum atomic E-state index is -0.286. The standard InChI is InChI=1S/C23H23N3O2.C22H20FN3O2/c1-16-17(2)26(13-18-8-4-3-5-9-18)22-21(16)12-24-25-23(22)28-15-20-11-7-6-10-19(20)14-27;1-15-20(13-27)19-11-24-25-22(28-14-17-7-9-18(23)10-8-17)21(19)26(15)12-16-5-3-2-4-6-16/h3-12,27H,13-15H2,1-2H3;2-11,27H,12-14H2,1H3. The minimum Gasteiger partial charge on any atom is -0.470 e. The number of hydrogen-bond donors (Lipinski definition) is 2. The fraction of sp³-hybridized carbons (Fsp3) is 0.200. The number of aryl methyl sites for hydroxylation is 1. The van der Waals surface area contributed by atoms with Gasteiger partial charge in [-0.2, -0.15) is 10.2 Å². The molecule has 0 bridgehead atoms. The van der Waals surface area contributed by atoms with Gasteiger partial charge in [-0.25, -0.2) is 4.39 Å². The van der Waals surface area contributed by atoms with Gasteiger partial charge < -0.3 is 28.8 Å². The van der Waals surface area contributed by atoms with Gasteiger partial charge in [-0.15, -0.1) is 10.2 Å². The van der Waals surface area contributed by atoms with Gasteiger partial charge in [0, 0.05) is 40.8 Å². The molecule has 284 valence electrons. The Hall–Kier alpha value is -6.43. The predicted octanol–water partition coefficient (Wildman–Crippen LogP) is 8.17. The second-order valence-electron chi connectivity index (χ2n) is 13.5. The Bertz CT molecular complexity index is 2560. The monoisotopic (exact) mass is 750 g/mol. The van der Waals surface area contributed by atoms with Crippen molar-refractivity contribution in [2.75, 3.05) is 0 Å². The van der Waals surface area contributed by atoms with Gasteiger partial charge in [0.15, 0.2) is 0 Å². The van der Waals surface area contributed by atoms with Crippen molar-refractivity contribution in [3.8, 4) is 11.8 Å². The Labute approximate surface area is 324 Å². The van der Waals surface area contributed by atoms with Gasteiger partial charge in [0.2, 0.25) is 0 Å². The molecule has 8 rings (SSSR count). The third-order valence-corrected chi connectivity index (χ3v) is 10.1. The van der Waals surface area contributed by atoms with Crippen molar-refractivity contribution in [2.45, 2.75) is 60.3 Å². The van der Waals surface area contributed by atoms with E-state index in [0.29, 0.717) is 24.9 Å². The third-order valence-electron chi connectivity index (χ3n) is 10.1. The Balaban J connectivity index is 0.000000172. The van der Waals surface area contributed by atoms with Crippen LogP contribution < -0.4 is 9.47 Å². The van der Waals surface area contributed by atoms with Crippen LogP contribution in [0.25, 0.3) is 21.8 Å². The summed E-state index contributed by atoms with van der Waals surface area (Å²) in [6.45, 7) is 8.03. The summed E-state index contributed by atoms with van der Waals surface area (Å²) in [5.74, 6) is 0.614. The zero-order chi connectivity index (χ0) is 39.0. The quantitative estimate of drug-likeness (QED) is 0.128. The second kappa shape index (κ2) is 17.4. The van der Waals surface area contributed by atoms with Crippen molar-refractivity contribution in [1.82, 2.24) is 29.5 Å². The van der Waals surface area contributed by atoms with Crippen LogP contribution in [-0.4, -0.2) is 39.7 Å². The maximum Gasteiger partial charge on any atom is 0.258 e. The van der Waals surface area contributed by atoms with Crippen molar-refractivity contribution < 1.29 is 24.1 Å². The van der Waals surface area contributed by atoms with E-state index in [1.807, 2.05) is 67.6 Å². The normalized spacial score (nSPS) is 11.1. The lowest BCUT2D eigenvalue weighted by molar-refractivity contribution is 0.266. The van der Waals surface area contributed by atoms with Gasteiger partial charge in [0.05, 0.1) is 25.6 Å². The first kappa shape index (κ1) is 37.9. The van der Waals surface area contributed by atoms with Crippen molar-refractivity contribution >= 4 is 21.8 Å². The lowest BCUT2D eigenvalue weighted by Crippen LogP contribution is -2.06. The molecule has 0 saturated carbocycles. The van der Waals surface area contributed by atoms with Gasteiger partial charge in [0.25, 0.3) is 11.8 Å². The Morgan fingerprint density at radius 2 is 1.07 bits per heavy atom. The zero-order valence-corrected chi connectivity index (χ0v) is 31.6. The summed E-state index contributed by atoms with van der Waals surface area (Å²) in [6, 6.07) is 34.3. The molecule has 0 amide bonds. The largest absolute Gasteiger partial charge is 0.470 e. The van der Waals surface area contributed by atoms with Crippen LogP contribution in [-0.2, 0) is 39.5 Å². The molecule has 0 aliphatic rings. The number of hydrogen-bond acceptors (Lipinski definition) is 8. The molecule has 0 unspecified atom stereocenters. The SMILES string of the molecule is Cc1c(C)n(Cc2ccccc2)c2c(OCc3ccccc3CO)nncc12.Cc1c(CO)c2cnnc(OCc3ccc(F)cc3)c2n1Cc1ccccc1. The van der Waals surface area contributed by atoms with Crippen LogP contribution in [0, 0.1) is 26.6 Å². The number of ether oxygens (including phenoxy) is 2. The van der Waals surface area contributed by atoms with Crippen LogP contribution in [0.2, 0.25) is 0 Å². The van der Waals surface area contributed by atoms with Crippen LogP contribution in [0.15, 0.2) is 122 Å². The molecule has 0 spiro atoms. The fourth-order valence-electron chi connectivity index (χ4n) is 6.89. The third kappa shape index (κ3) is 8.14. The van der Waals surface area contributed by atoms with E-state index in [1.54, 1.807) is 24.5 Å². The number of aliphatic hydroxyl groups excluding tert-OH is 2. The zero-order valence-electron chi connectivity index (χ0n) is 31.6. The first-order chi connectivity index (χ1) is 27.4. The summed E-state index contributed by atoms with van der Waals surface area (Å²) in [4.78, 5) is 0. The molecule has 56 heavy (non-hydrogen) atoms. The Morgan fingerprint density at radius 1 is 0.554 bits per heavy atom. The molecule has 0 atom stereocenters. The van der Waals surface area contributed by atoms with E-state index in [2.05, 4.69) is 67.6 Å². The minimum absolute atomic E-state index is 0.0159. The van der Waals surface area contributed by atoms with Gasteiger partial charge in [-0.05, 0) is 66.3 Å². The topological polar surface area (TPSA) is 120 Å². The van der Waals surface area contributed by atoms with Crippen molar-refractivity contribution in [3.63, 3.8) is 0 Å². The molecule has 4 aromatic carbocycles. The average molecular weight is 751 g/mol. The number of rotatable bonds is 12. The maximum absolute atomic E-state index is 13.1. The molecule has 4 heterocycles. The predicted molar refractivity (Wildman–Crippen MR) is 214 cm³/mol. The summed E-state index contributed by atoms with van der Waals surface area (Å²) in [7, 11) is 0. The van der Waals surface area contributed by atoms with E-state index in [1.165, 1.54) is 29.0 Å². The number of fused-ring (bicyclic) bond motifs is 2. The molecular formula is C45H43FN6O4. The molecule has 4 aromatic heterocycles. The summed E-state index contributed by atoms with van der Waals surface area (Å²) in [5, 5.41) is 38.0. The van der Waals surface area contributed by atoms with E-state index in [4.69, 9.17) is 9.47 Å². The number of aromatic nitrogens is 6. The number of halogens is 1. The van der Waals surface area contributed by atoms with Crippen molar-refractivity contribution in [1.29, 1.82) is 0 Å². The van der Waals surface area contributed by atoms with Gasteiger partial charge in [-0.3, -0.25) is 0 Å². The smallest absolute Gasteiger partial charge is 0.258 e. The molecule has 10 nitrogen and oxygen atoms in total. The van der Waals surface area contributed by atoms with E-state index in [0.717, 1.165) is 61.9 Å². The van der Waals surface area contributed by atoms with Gasteiger partial charge in [0.1, 0.15) is 30.1 Å². The molecule has 0 aliphatic carbocycles. The van der Waals surface area contributed by atoms with Crippen LogP contribution in [0.1, 0.15) is 50.3 Å². The second-order valence-corrected chi connectivity index (χ2v) is 13.5. The summed E-state index contributed by atoms with van der Waals surface area (Å²) >= 11 is 0. The first-order valence-electron chi connectivity index (χ1n) is 18.4. The van der Waals surface area contributed by atoms with Crippen LogP contribution in [0.5, 0.6) is 11.8 Å². The lowest BCUT2D eigenvalue weighted by atomic mass is 10.1. The number of nitrogens with zero attached hydrogens (tertiary/aromatic N) is 6. The van der Waals surface area contributed by atoms with E-state index in [-0.39, 0.29) is 25.6 Å². The molecule has 0 radical (unpaired) electrons. The van der Waals surface area contributed by atoms with E-state index < -0.39 is 0 Å². The van der Waals surface area contributed by atoms with Crippen molar-refractivity contribution in [2.24, 2.45) is 0 Å².